The number of nitrogens with one attached hydrogen (secondary N) is 2. The van der Waals surface area contributed by atoms with Crippen molar-refractivity contribution in [1.82, 2.24) is 9.44 Å². The Bertz CT molecular complexity index is 1070. The van der Waals surface area contributed by atoms with Gasteiger partial charge in [-0.05, 0) is 43.9 Å². The minimum absolute atomic E-state index is 0.0957. The van der Waals surface area contributed by atoms with E-state index in [1.54, 1.807) is 48.5 Å². The predicted molar refractivity (Wildman–Crippen MR) is 122 cm³/mol. The van der Waals surface area contributed by atoms with Gasteiger partial charge in [-0.2, -0.15) is 0 Å². The zero-order valence-corrected chi connectivity index (χ0v) is 19.6. The normalized spacial score (nSPS) is 22.0. The van der Waals surface area contributed by atoms with Gasteiger partial charge in [-0.1, -0.05) is 48.0 Å². The van der Waals surface area contributed by atoms with E-state index in [-0.39, 0.29) is 29.9 Å². The van der Waals surface area contributed by atoms with Crippen LogP contribution in [0.5, 0.6) is 0 Å². The lowest BCUT2D eigenvalue weighted by atomic mass is 9.98. The Hall–Kier alpha value is -1.82. The van der Waals surface area contributed by atoms with Gasteiger partial charge in [-0.15, -0.1) is 0 Å². The summed E-state index contributed by atoms with van der Waals surface area (Å²) in [5, 5.41) is 9.73. The third-order valence-electron chi connectivity index (χ3n) is 5.42. The van der Waals surface area contributed by atoms with E-state index in [4.69, 9.17) is 4.74 Å². The van der Waals surface area contributed by atoms with Crippen LogP contribution >= 0.6 is 0 Å². The zero-order chi connectivity index (χ0) is 23.2. The minimum Gasteiger partial charge on any atom is -0.394 e. The second kappa shape index (κ2) is 10.9. The van der Waals surface area contributed by atoms with Crippen LogP contribution in [0.25, 0.3) is 0 Å². The Morgan fingerprint density at radius 2 is 1.69 bits per heavy atom. The zero-order valence-electron chi connectivity index (χ0n) is 18.0. The van der Waals surface area contributed by atoms with Crippen molar-refractivity contribution in [2.24, 2.45) is 0 Å². The van der Waals surface area contributed by atoms with E-state index in [2.05, 4.69) is 9.44 Å². The van der Waals surface area contributed by atoms with E-state index in [1.807, 2.05) is 13.0 Å². The van der Waals surface area contributed by atoms with E-state index in [1.165, 1.54) is 0 Å². The van der Waals surface area contributed by atoms with Crippen molar-refractivity contribution in [1.29, 1.82) is 0 Å². The number of aliphatic hydroxyl groups excluding tert-OH is 1. The van der Waals surface area contributed by atoms with Gasteiger partial charge in [0, 0.05) is 6.54 Å². The van der Waals surface area contributed by atoms with Crippen LogP contribution in [0.1, 0.15) is 30.4 Å². The lowest BCUT2D eigenvalue weighted by Crippen LogP contribution is -2.51. The van der Waals surface area contributed by atoms with Gasteiger partial charge in [0.05, 0.1) is 35.5 Å². The highest BCUT2D eigenvalue weighted by molar-refractivity contribution is 7.89. The predicted octanol–water partition coefficient (Wildman–Crippen LogP) is 1.69. The largest absolute Gasteiger partial charge is 0.394 e. The average molecular weight is 483 g/mol. The van der Waals surface area contributed by atoms with Gasteiger partial charge in [0.2, 0.25) is 20.0 Å². The maximum atomic E-state index is 12.7. The number of rotatable bonds is 10. The lowest BCUT2D eigenvalue weighted by molar-refractivity contribution is -0.0869. The first kappa shape index (κ1) is 24.8. The summed E-state index contributed by atoms with van der Waals surface area (Å²) in [6, 6.07) is 14.9. The summed E-state index contributed by atoms with van der Waals surface area (Å²) < 4.78 is 60.9. The van der Waals surface area contributed by atoms with Crippen LogP contribution in [0.2, 0.25) is 0 Å². The monoisotopic (exact) mass is 482 g/mol. The summed E-state index contributed by atoms with van der Waals surface area (Å²) in [5.41, 5.74) is 1.67. The Labute approximate surface area is 190 Å². The molecule has 10 heteroatoms. The molecule has 1 aliphatic rings. The van der Waals surface area contributed by atoms with E-state index in [9.17, 15) is 21.9 Å². The van der Waals surface area contributed by atoms with Gasteiger partial charge in [-0.25, -0.2) is 26.3 Å². The highest BCUT2D eigenvalue weighted by Gasteiger charge is 2.34. The van der Waals surface area contributed by atoms with Crippen molar-refractivity contribution in [2.45, 2.75) is 55.1 Å². The van der Waals surface area contributed by atoms with Gasteiger partial charge in [-0.3, -0.25) is 0 Å². The van der Waals surface area contributed by atoms with Crippen LogP contribution in [0.3, 0.4) is 0 Å². The molecule has 0 bridgehead atoms. The van der Waals surface area contributed by atoms with Gasteiger partial charge in [0.25, 0.3) is 0 Å². The van der Waals surface area contributed by atoms with Gasteiger partial charge >= 0.3 is 0 Å². The van der Waals surface area contributed by atoms with Crippen LogP contribution in [-0.2, 0) is 30.5 Å². The second-order valence-electron chi connectivity index (χ2n) is 8.02. The number of sulfonamides is 2. The van der Waals surface area contributed by atoms with E-state index in [0.29, 0.717) is 24.8 Å². The molecule has 8 nitrogen and oxygen atoms in total. The summed E-state index contributed by atoms with van der Waals surface area (Å²) in [6.45, 7) is 1.75. The topological polar surface area (TPSA) is 122 Å². The van der Waals surface area contributed by atoms with Crippen LogP contribution < -0.4 is 9.44 Å². The Morgan fingerprint density at radius 3 is 2.34 bits per heavy atom. The van der Waals surface area contributed by atoms with E-state index in [0.717, 1.165) is 5.56 Å². The second-order valence-corrected chi connectivity index (χ2v) is 11.5. The van der Waals surface area contributed by atoms with E-state index < -0.39 is 32.2 Å². The molecular weight excluding hydrogens is 452 g/mol. The van der Waals surface area contributed by atoms with Gasteiger partial charge in [0.15, 0.2) is 0 Å². The molecule has 1 fully saturated rings. The lowest BCUT2D eigenvalue weighted by Gasteiger charge is -2.36. The SMILES string of the molecule is Cc1ccc(S(=O)(=O)N[C@H]2CC[C@@H](CCNS(=O)(=O)Cc3ccccc3)O[C@H]2CO)cc1. The fourth-order valence-electron chi connectivity index (χ4n) is 3.68. The van der Waals surface area contributed by atoms with Crippen LogP contribution in [0.15, 0.2) is 59.5 Å². The van der Waals surface area contributed by atoms with Gasteiger partial charge < -0.3 is 9.84 Å². The number of benzene rings is 2. The molecule has 0 spiro atoms. The first-order valence-electron chi connectivity index (χ1n) is 10.5. The van der Waals surface area contributed by atoms with Crippen molar-refractivity contribution in [3.05, 3.63) is 65.7 Å². The fourth-order valence-corrected chi connectivity index (χ4v) is 6.14. The number of hydrogen-bond donors (Lipinski definition) is 3. The summed E-state index contributed by atoms with van der Waals surface area (Å²) in [6.07, 6.45) is 0.499. The molecule has 3 N–H and O–H groups in total. The van der Waals surface area contributed by atoms with Gasteiger partial charge in [0.1, 0.15) is 0 Å². The summed E-state index contributed by atoms with van der Waals surface area (Å²) in [5.74, 6) is -0.0957. The third kappa shape index (κ3) is 7.09. The molecule has 0 radical (unpaired) electrons. The number of aliphatic hydroxyl groups is 1. The molecule has 0 saturated carbocycles. The van der Waals surface area contributed by atoms with Crippen molar-refractivity contribution in [2.75, 3.05) is 13.2 Å². The van der Waals surface area contributed by atoms with Crippen LogP contribution in [0, 0.1) is 6.92 Å². The average Bonchev–Trinajstić information content (AvgIpc) is 2.75. The quantitative estimate of drug-likeness (QED) is 0.474. The van der Waals surface area contributed by atoms with Crippen molar-refractivity contribution < 1.29 is 26.7 Å². The Balaban J connectivity index is 1.50. The Morgan fingerprint density at radius 1 is 1.00 bits per heavy atom. The fraction of sp³-hybridized carbons (Fsp3) is 0.455. The first-order valence-corrected chi connectivity index (χ1v) is 13.7. The molecule has 1 saturated heterocycles. The molecule has 0 aromatic heterocycles. The maximum Gasteiger partial charge on any atom is 0.240 e. The molecule has 2 aromatic rings. The van der Waals surface area contributed by atoms with E-state index >= 15 is 0 Å². The molecule has 3 atom stereocenters. The first-order chi connectivity index (χ1) is 15.2. The molecule has 176 valence electrons. The molecule has 0 aliphatic carbocycles. The van der Waals surface area contributed by atoms with Crippen molar-refractivity contribution in [3.63, 3.8) is 0 Å². The summed E-state index contributed by atoms with van der Waals surface area (Å²) in [7, 11) is -7.21. The van der Waals surface area contributed by atoms with Crippen molar-refractivity contribution in [3.8, 4) is 0 Å². The molecule has 3 rings (SSSR count). The molecule has 32 heavy (non-hydrogen) atoms. The number of hydrogen-bond acceptors (Lipinski definition) is 6. The number of aryl methyl sites for hydroxylation is 1. The Kier molecular flexibility index (Phi) is 8.43. The van der Waals surface area contributed by atoms with Crippen molar-refractivity contribution >= 4 is 20.0 Å². The molecule has 1 aliphatic heterocycles. The summed E-state index contributed by atoms with van der Waals surface area (Å²) in [4.78, 5) is 0.162. The third-order valence-corrected chi connectivity index (χ3v) is 8.28. The van der Waals surface area contributed by atoms with Crippen LogP contribution in [0.4, 0.5) is 0 Å². The summed E-state index contributed by atoms with van der Waals surface area (Å²) >= 11 is 0. The minimum atomic E-state index is -3.74. The van der Waals surface area contributed by atoms with Crippen LogP contribution in [-0.4, -0.2) is 53.3 Å². The molecule has 2 aromatic carbocycles. The highest BCUT2D eigenvalue weighted by atomic mass is 32.2. The molecule has 0 unspecified atom stereocenters. The number of ether oxygens (including phenoxy) is 1. The standard InChI is InChI=1S/C22H30N2O6S2/c1-17-7-10-20(11-8-17)32(28,29)24-21-12-9-19(30-22(21)15-25)13-14-23-31(26,27)16-18-5-3-2-4-6-18/h2-8,10-11,19,21-25H,9,12-16H2,1H3/t19-,21-,22-/m0/s1. The molecule has 1 heterocycles. The smallest absolute Gasteiger partial charge is 0.240 e. The molecular formula is C22H30N2O6S2. The maximum absolute atomic E-state index is 12.7. The highest BCUT2D eigenvalue weighted by Crippen LogP contribution is 2.23. The molecule has 0 amide bonds.